The van der Waals surface area contributed by atoms with Gasteiger partial charge in [-0.05, 0) is 0 Å². The summed E-state index contributed by atoms with van der Waals surface area (Å²) in [6.07, 6.45) is 0. The quantitative estimate of drug-likeness (QED) is 0.381. The van der Waals surface area contributed by atoms with Crippen molar-refractivity contribution in [1.29, 1.82) is 0 Å². The summed E-state index contributed by atoms with van der Waals surface area (Å²) in [6, 6.07) is 0. The Kier molecular flexibility index (Phi) is 15.0. The number of hydrogen-bond acceptors (Lipinski definition) is 4. The van der Waals surface area contributed by atoms with Gasteiger partial charge in [-0.1, -0.05) is 0 Å². The van der Waals surface area contributed by atoms with E-state index in [4.69, 9.17) is 14.8 Å². The van der Waals surface area contributed by atoms with Crippen molar-refractivity contribution in [3.05, 3.63) is 0 Å². The van der Waals surface area contributed by atoms with Gasteiger partial charge in [0, 0.05) is 55.1 Å². The van der Waals surface area contributed by atoms with Gasteiger partial charge >= 0.3 is 32.9 Å². The van der Waals surface area contributed by atoms with Crippen LogP contribution in [0.2, 0.25) is 0 Å². The molecule has 0 aliphatic heterocycles. The van der Waals surface area contributed by atoms with Crippen LogP contribution in [0.25, 0.3) is 0 Å². The molecule has 7 heavy (non-hydrogen) atoms. The van der Waals surface area contributed by atoms with Crippen molar-refractivity contribution in [2.75, 3.05) is 0 Å². The minimum absolute atomic E-state index is 0. The smallest absolute Gasteiger partial charge is 0 e. The molecule has 0 fully saturated rings. The van der Waals surface area contributed by atoms with Crippen molar-refractivity contribution in [2.24, 2.45) is 0 Å². The largest absolute Gasteiger partial charge is 0 e. The molecule has 0 aliphatic rings. The summed E-state index contributed by atoms with van der Waals surface area (Å²) in [5.41, 5.74) is 0. The van der Waals surface area contributed by atoms with Crippen LogP contribution in [0.5, 0.6) is 0 Å². The molecule has 0 unspecified atom stereocenters. The van der Waals surface area contributed by atoms with Crippen molar-refractivity contribution in [3.63, 3.8) is 0 Å². The van der Waals surface area contributed by atoms with Gasteiger partial charge < -0.3 is 0 Å². The van der Waals surface area contributed by atoms with Crippen LogP contribution in [-0.4, -0.2) is 14.8 Å². The van der Waals surface area contributed by atoms with E-state index < -0.39 is 18.1 Å². The molecule has 0 aromatic carbocycles. The minimum Gasteiger partial charge on any atom is 0 e. The predicted octanol–water partition coefficient (Wildman–Crippen LogP) is -2.23. The standard InChI is InChI=1S/La.4H2O.Ti.Zn/h;4*1H2;;/q;;;;;+4;/p-4. The zero-order chi connectivity index (χ0) is 4.50. The molecule has 0 amide bonds. The number of hydrogen-bond donors (Lipinski definition) is 4. The van der Waals surface area contributed by atoms with Gasteiger partial charge in [0.1, 0.15) is 0 Å². The van der Waals surface area contributed by atoms with Crippen LogP contribution >= 0.6 is 0 Å². The van der Waals surface area contributed by atoms with Crippen LogP contribution < -0.4 is 0 Å². The predicted molar refractivity (Wildman–Crippen MR) is 8.88 cm³/mol. The third-order valence-electron chi connectivity index (χ3n) is 0. The summed E-state index contributed by atoms with van der Waals surface area (Å²) in [5.74, 6) is 0. The van der Waals surface area contributed by atoms with E-state index in [0.717, 1.165) is 0 Å². The topological polar surface area (TPSA) is 80.9 Å². The summed E-state index contributed by atoms with van der Waals surface area (Å²) >= 11 is -5.00. The van der Waals surface area contributed by atoms with Crippen LogP contribution in [0, 0.1) is 35.6 Å². The molecule has 0 heterocycles. The summed E-state index contributed by atoms with van der Waals surface area (Å²) < 4.78 is 29.5. The fraction of sp³-hybridized carbons (Fsp3) is 0. The first kappa shape index (κ1) is 16.2. The maximum absolute atomic E-state index is 7.38. The Balaban J connectivity index is -0.0000000800. The van der Waals surface area contributed by atoms with E-state index in [1.54, 1.807) is 0 Å². The molecule has 0 aromatic heterocycles. The average Bonchev–Trinajstić information content (AvgIpc) is 0.722. The zero-order valence-electron chi connectivity index (χ0n) is 3.57. The molecule has 0 bridgehead atoms. The Hall–Kier alpha value is 2.37. The second-order valence-electron chi connectivity index (χ2n) is 0.600. The molecular formula is H4LaO4TiZn. The summed E-state index contributed by atoms with van der Waals surface area (Å²) in [5, 5.41) is 0. The van der Waals surface area contributed by atoms with E-state index >= 15 is 0 Å². The Morgan fingerprint density at radius 1 is 0.857 bits per heavy atom. The molecule has 0 spiro atoms. The first-order chi connectivity index (χ1) is 2.00. The molecule has 1 radical (unpaired) electrons. The number of rotatable bonds is 0. The van der Waals surface area contributed by atoms with Gasteiger partial charge in [0.05, 0.1) is 0 Å². The molecule has 0 saturated heterocycles. The van der Waals surface area contributed by atoms with Crippen LogP contribution in [-0.2, 0) is 37.6 Å². The fourth-order valence-corrected chi connectivity index (χ4v) is 0. The molecule has 0 saturated carbocycles. The Morgan fingerprint density at radius 3 is 0.857 bits per heavy atom. The summed E-state index contributed by atoms with van der Waals surface area (Å²) in [6.45, 7) is 0. The minimum atomic E-state index is -5.00. The van der Waals surface area contributed by atoms with E-state index in [0.29, 0.717) is 0 Å². The fourth-order valence-electron chi connectivity index (χ4n) is 0. The van der Waals surface area contributed by atoms with Crippen LogP contribution in [0.3, 0.4) is 0 Å². The van der Waals surface area contributed by atoms with Crippen molar-refractivity contribution in [1.82, 2.24) is 0 Å². The van der Waals surface area contributed by atoms with Gasteiger partial charge in [-0.2, -0.15) is 0 Å². The third kappa shape index (κ3) is 60.4. The van der Waals surface area contributed by atoms with Gasteiger partial charge in [-0.25, -0.2) is 0 Å². The first-order valence-corrected chi connectivity index (χ1v) is 3.69. The molecule has 0 atom stereocenters. The van der Waals surface area contributed by atoms with Crippen molar-refractivity contribution < 1.29 is 88.0 Å². The maximum Gasteiger partial charge on any atom is 0 e. The van der Waals surface area contributed by atoms with E-state index in [9.17, 15) is 0 Å². The molecular weight excluding hydrogens is 316 g/mol. The van der Waals surface area contributed by atoms with E-state index in [1.165, 1.54) is 0 Å². The van der Waals surface area contributed by atoms with E-state index in [2.05, 4.69) is 0 Å². The molecule has 4 N–H and O–H groups in total. The van der Waals surface area contributed by atoms with Gasteiger partial charge in [0.2, 0.25) is 0 Å². The molecule has 4 nitrogen and oxygen atoms in total. The van der Waals surface area contributed by atoms with Gasteiger partial charge in [0.25, 0.3) is 0 Å². The van der Waals surface area contributed by atoms with E-state index in [1.807, 2.05) is 0 Å². The van der Waals surface area contributed by atoms with Crippen LogP contribution in [0.4, 0.5) is 0 Å². The monoisotopic (exact) mass is 319 g/mol. The molecule has 7 heteroatoms. The van der Waals surface area contributed by atoms with Crippen molar-refractivity contribution >= 4 is 0 Å². The summed E-state index contributed by atoms with van der Waals surface area (Å²) in [4.78, 5) is 0. The Labute approximate surface area is 86.6 Å². The first-order valence-electron chi connectivity index (χ1n) is 0.894. The van der Waals surface area contributed by atoms with Crippen LogP contribution in [0.1, 0.15) is 0 Å². The maximum atomic E-state index is 7.38. The zero-order valence-corrected chi connectivity index (χ0v) is 11.7. The average molecular weight is 320 g/mol. The van der Waals surface area contributed by atoms with Gasteiger partial charge in [-0.15, -0.1) is 0 Å². The molecule has 0 aromatic rings. The van der Waals surface area contributed by atoms with Crippen molar-refractivity contribution in [3.8, 4) is 0 Å². The van der Waals surface area contributed by atoms with E-state index in [-0.39, 0.29) is 55.1 Å². The second kappa shape index (κ2) is 6.49. The second-order valence-corrected chi connectivity index (χ2v) is 2.47. The summed E-state index contributed by atoms with van der Waals surface area (Å²) in [7, 11) is 0. The molecule has 37 valence electrons. The molecule has 0 rings (SSSR count). The molecule has 0 aliphatic carbocycles. The third-order valence-corrected chi connectivity index (χ3v) is 0. The van der Waals surface area contributed by atoms with Crippen LogP contribution in [0.15, 0.2) is 0 Å². The van der Waals surface area contributed by atoms with Gasteiger partial charge in [0.15, 0.2) is 0 Å². The van der Waals surface area contributed by atoms with Gasteiger partial charge in [-0.3, -0.25) is 0 Å². The SMILES string of the molecule is [La].[OH][Ti]([OH])([OH])[OH].[Zn]. The Morgan fingerprint density at radius 2 is 0.857 bits per heavy atom. The normalized spacial score (nSPS) is 8.57. The van der Waals surface area contributed by atoms with Crippen molar-refractivity contribution in [2.45, 2.75) is 0 Å². The Bertz CT molecular complexity index is 27.2.